The van der Waals surface area contributed by atoms with E-state index in [9.17, 15) is 19.2 Å². The summed E-state index contributed by atoms with van der Waals surface area (Å²) in [7, 11) is 0. The number of ether oxygens (including phenoxy) is 1. The summed E-state index contributed by atoms with van der Waals surface area (Å²) in [5.74, 6) is -0.592. The number of primary amides is 1. The van der Waals surface area contributed by atoms with Crippen LogP contribution in [-0.2, 0) is 25.5 Å². The van der Waals surface area contributed by atoms with Gasteiger partial charge in [-0.1, -0.05) is 19.1 Å². The van der Waals surface area contributed by atoms with E-state index in [1.165, 1.54) is 4.90 Å². The number of nitrogens with zero attached hydrogens (tertiary/aromatic N) is 3. The number of carbonyl (C=O) groups excluding carboxylic acids is 4. The van der Waals surface area contributed by atoms with Crippen LogP contribution in [-0.4, -0.2) is 83.5 Å². The zero-order valence-corrected chi connectivity index (χ0v) is 24.5. The molecule has 220 valence electrons. The Labute approximate surface area is 237 Å². The number of rotatable bonds is 7. The van der Waals surface area contributed by atoms with Crippen LogP contribution in [0.5, 0.6) is 0 Å². The van der Waals surface area contributed by atoms with Gasteiger partial charge in [0.1, 0.15) is 17.7 Å². The summed E-state index contributed by atoms with van der Waals surface area (Å²) in [5, 5.41) is 2.83. The normalized spacial score (nSPS) is 24.3. The van der Waals surface area contributed by atoms with Crippen LogP contribution in [0.2, 0.25) is 0 Å². The van der Waals surface area contributed by atoms with Crippen molar-refractivity contribution in [2.24, 2.45) is 17.6 Å². The minimum Gasteiger partial charge on any atom is -0.444 e. The van der Waals surface area contributed by atoms with Gasteiger partial charge in [0.15, 0.2) is 0 Å². The lowest BCUT2D eigenvalue weighted by atomic mass is 9.86. The van der Waals surface area contributed by atoms with Gasteiger partial charge >= 0.3 is 6.09 Å². The molecule has 0 unspecified atom stereocenters. The number of benzene rings is 1. The molecule has 0 spiro atoms. The van der Waals surface area contributed by atoms with Crippen molar-refractivity contribution in [3.63, 3.8) is 0 Å². The molecule has 2 aliphatic heterocycles. The molecule has 2 saturated heterocycles. The maximum Gasteiger partial charge on any atom is 0.411 e. The number of amides is 4. The molecule has 3 fully saturated rings. The molecule has 10 nitrogen and oxygen atoms in total. The quantitative estimate of drug-likeness (QED) is 0.533. The fraction of sp³-hybridized carbons (Fsp3) is 0.667. The lowest BCUT2D eigenvalue weighted by molar-refractivity contribution is -0.134. The smallest absolute Gasteiger partial charge is 0.411 e. The third kappa shape index (κ3) is 7.26. The Morgan fingerprint density at radius 1 is 0.975 bits per heavy atom. The summed E-state index contributed by atoms with van der Waals surface area (Å²) in [6.07, 6.45) is 3.30. The predicted octanol–water partition coefficient (Wildman–Crippen LogP) is 2.68. The van der Waals surface area contributed by atoms with E-state index in [2.05, 4.69) is 10.2 Å². The second-order valence-corrected chi connectivity index (χ2v) is 12.7. The molecule has 0 radical (unpaired) electrons. The van der Waals surface area contributed by atoms with Gasteiger partial charge in [-0.3, -0.25) is 19.3 Å². The molecule has 4 rings (SSSR count). The third-order valence-corrected chi connectivity index (χ3v) is 8.15. The van der Waals surface area contributed by atoms with Crippen molar-refractivity contribution in [3.05, 3.63) is 29.8 Å². The number of nitrogens with two attached hydrogens (primary N) is 1. The summed E-state index contributed by atoms with van der Waals surface area (Å²) >= 11 is 0. The molecule has 3 N–H and O–H groups in total. The summed E-state index contributed by atoms with van der Waals surface area (Å²) < 4.78 is 5.61. The predicted molar refractivity (Wildman–Crippen MR) is 153 cm³/mol. The van der Waals surface area contributed by atoms with E-state index in [4.69, 9.17) is 10.5 Å². The molecule has 4 amide bonds. The molecule has 10 heteroatoms. The van der Waals surface area contributed by atoms with Crippen molar-refractivity contribution in [2.45, 2.75) is 90.4 Å². The van der Waals surface area contributed by atoms with Gasteiger partial charge in [0.05, 0.1) is 0 Å². The number of likely N-dealkylation sites (tertiary alicyclic amines) is 1. The monoisotopic (exact) mass is 555 g/mol. The molecule has 2 heterocycles. The first-order valence-corrected chi connectivity index (χ1v) is 14.6. The first kappa shape index (κ1) is 29.7. The van der Waals surface area contributed by atoms with Crippen LogP contribution in [0.3, 0.4) is 0 Å². The van der Waals surface area contributed by atoms with Crippen LogP contribution in [0.25, 0.3) is 0 Å². The number of nitrogens with one attached hydrogen (secondary N) is 1. The van der Waals surface area contributed by atoms with Gasteiger partial charge in [-0.25, -0.2) is 4.79 Å². The van der Waals surface area contributed by atoms with Crippen LogP contribution < -0.4 is 16.0 Å². The molecular weight excluding hydrogens is 510 g/mol. The highest BCUT2D eigenvalue weighted by atomic mass is 16.6. The highest BCUT2D eigenvalue weighted by Crippen LogP contribution is 2.32. The van der Waals surface area contributed by atoms with Crippen LogP contribution in [0, 0.1) is 11.8 Å². The number of piperidine rings is 1. The molecule has 0 bridgehead atoms. The maximum absolute atomic E-state index is 13.5. The van der Waals surface area contributed by atoms with E-state index in [1.54, 1.807) is 20.8 Å². The molecule has 40 heavy (non-hydrogen) atoms. The molecule has 1 saturated carbocycles. The number of hydrogen-bond acceptors (Lipinski definition) is 6. The first-order valence-electron chi connectivity index (χ1n) is 14.6. The molecule has 1 aromatic carbocycles. The number of carbonyl (C=O) groups is 4. The Hall–Kier alpha value is -3.30. The number of anilines is 1. The maximum atomic E-state index is 13.5. The van der Waals surface area contributed by atoms with E-state index in [-0.39, 0.29) is 24.3 Å². The number of hydrogen-bond donors (Lipinski definition) is 2. The van der Waals surface area contributed by atoms with Gasteiger partial charge in [0.2, 0.25) is 17.7 Å². The summed E-state index contributed by atoms with van der Waals surface area (Å²) in [4.78, 5) is 57.0. The first-order chi connectivity index (χ1) is 18.8. The molecule has 3 aliphatic rings. The second-order valence-electron chi connectivity index (χ2n) is 12.7. The van der Waals surface area contributed by atoms with Crippen molar-refractivity contribution in [2.75, 3.05) is 31.1 Å². The standard InChI is InChI=1S/C30H45N5O5/c1-19-6-7-20(2)35(29(39)40-30(3,4)5)25(19)27(37)32-24(26(31)36)18-21-8-12-23(13-9-21)33-14-16-34(17-15-33)28(38)22-10-11-22/h8-9,12-13,19-20,22,24-25H,6-7,10-11,14-18H2,1-5H3,(H2,31,36)(H,32,37)/t19-,20+,24+,25+/m1/s1. The molecule has 1 aliphatic carbocycles. The van der Waals surface area contributed by atoms with Crippen LogP contribution >= 0.6 is 0 Å². The average Bonchev–Trinajstić information content (AvgIpc) is 3.74. The highest BCUT2D eigenvalue weighted by molar-refractivity contribution is 5.91. The Bertz CT molecular complexity index is 1090. The van der Waals surface area contributed by atoms with Crippen molar-refractivity contribution in [3.8, 4) is 0 Å². The van der Waals surface area contributed by atoms with E-state index in [1.807, 2.05) is 43.0 Å². The summed E-state index contributed by atoms with van der Waals surface area (Å²) in [6, 6.07) is 6.05. The van der Waals surface area contributed by atoms with E-state index in [0.29, 0.717) is 5.91 Å². The van der Waals surface area contributed by atoms with Gasteiger partial charge in [-0.15, -0.1) is 0 Å². The van der Waals surface area contributed by atoms with Gasteiger partial charge in [-0.05, 0) is 77.0 Å². The van der Waals surface area contributed by atoms with Gasteiger partial charge in [-0.2, -0.15) is 0 Å². The summed E-state index contributed by atoms with van der Waals surface area (Å²) in [6.45, 7) is 12.2. The van der Waals surface area contributed by atoms with Crippen LogP contribution in [0.4, 0.5) is 10.5 Å². The number of piperazine rings is 1. The third-order valence-electron chi connectivity index (χ3n) is 8.15. The van der Waals surface area contributed by atoms with Crippen LogP contribution in [0.15, 0.2) is 24.3 Å². The Kier molecular flexibility index (Phi) is 8.95. The Balaban J connectivity index is 1.38. The Morgan fingerprint density at radius 2 is 1.60 bits per heavy atom. The minimum atomic E-state index is -0.916. The molecule has 1 aromatic rings. The SMILES string of the molecule is C[C@@H]1CC[C@H](C)N(C(=O)OC(C)(C)C)[C@@H]1C(=O)N[C@@H](Cc1ccc(N2CCN(C(=O)C3CC3)CC2)cc1)C(N)=O. The zero-order valence-electron chi connectivity index (χ0n) is 24.5. The topological polar surface area (TPSA) is 125 Å². The molecule has 0 aromatic heterocycles. The Morgan fingerprint density at radius 3 is 2.15 bits per heavy atom. The van der Waals surface area contributed by atoms with Crippen molar-refractivity contribution >= 4 is 29.5 Å². The van der Waals surface area contributed by atoms with Gasteiger partial charge < -0.3 is 25.6 Å². The average molecular weight is 556 g/mol. The van der Waals surface area contributed by atoms with E-state index < -0.39 is 35.6 Å². The second kappa shape index (κ2) is 12.1. The van der Waals surface area contributed by atoms with E-state index in [0.717, 1.165) is 63.1 Å². The lowest BCUT2D eigenvalue weighted by Crippen LogP contribution is -2.61. The van der Waals surface area contributed by atoms with Gasteiger partial charge in [0.25, 0.3) is 0 Å². The van der Waals surface area contributed by atoms with Crippen molar-refractivity contribution in [1.82, 2.24) is 15.1 Å². The van der Waals surface area contributed by atoms with E-state index >= 15 is 0 Å². The minimum absolute atomic E-state index is 0.100. The lowest BCUT2D eigenvalue weighted by Gasteiger charge is -2.43. The largest absolute Gasteiger partial charge is 0.444 e. The zero-order chi connectivity index (χ0) is 29.2. The van der Waals surface area contributed by atoms with Crippen LogP contribution in [0.1, 0.15) is 65.9 Å². The van der Waals surface area contributed by atoms with Gasteiger partial charge in [0, 0.05) is 50.2 Å². The van der Waals surface area contributed by atoms with Crippen molar-refractivity contribution < 1.29 is 23.9 Å². The highest BCUT2D eigenvalue weighted by Gasteiger charge is 2.43. The molecular formula is C30H45N5O5. The van der Waals surface area contributed by atoms with Crippen molar-refractivity contribution in [1.29, 1.82) is 0 Å². The fourth-order valence-corrected chi connectivity index (χ4v) is 5.67. The summed E-state index contributed by atoms with van der Waals surface area (Å²) in [5.41, 5.74) is 6.94. The fourth-order valence-electron chi connectivity index (χ4n) is 5.67. The molecule has 4 atom stereocenters.